The Bertz CT molecular complexity index is 171. The first-order valence-electron chi connectivity index (χ1n) is 5.90. The third-order valence-corrected chi connectivity index (χ3v) is 1.92. The maximum Gasteiger partial charge on any atom is 0.0867 e. The Morgan fingerprint density at radius 1 is 0.765 bits per heavy atom. The van der Waals surface area contributed by atoms with Crippen LogP contribution in [-0.2, 0) is 14.2 Å². The second-order valence-electron chi connectivity index (χ2n) is 5.17. The number of rotatable bonds is 10. The van der Waals surface area contributed by atoms with Crippen LogP contribution in [0.4, 0.5) is 0 Å². The smallest absolute Gasteiger partial charge is 0.0867 e. The molecule has 0 rings (SSSR count). The van der Waals surface area contributed by atoms with Crippen LogP contribution >= 0.6 is 0 Å². The highest BCUT2D eigenvalue weighted by Crippen LogP contribution is 2.21. The van der Waals surface area contributed by atoms with Crippen molar-refractivity contribution in [1.29, 1.82) is 0 Å². The molecule has 0 aliphatic carbocycles. The maximum atomic E-state index is 8.63. The zero-order valence-corrected chi connectivity index (χ0v) is 11.4. The van der Waals surface area contributed by atoms with Gasteiger partial charge in [0.05, 0.1) is 50.8 Å². The van der Waals surface area contributed by atoms with Crippen LogP contribution in [0.2, 0.25) is 0 Å². The van der Waals surface area contributed by atoms with Crippen molar-refractivity contribution in [1.82, 2.24) is 0 Å². The van der Waals surface area contributed by atoms with Crippen LogP contribution in [0.1, 0.15) is 27.7 Å². The molecule has 0 fully saturated rings. The lowest BCUT2D eigenvalue weighted by atomic mass is 10.1. The first-order valence-corrected chi connectivity index (χ1v) is 5.90. The Balaban J connectivity index is 3.99. The molecule has 0 aromatic carbocycles. The second kappa shape index (κ2) is 8.00. The van der Waals surface area contributed by atoms with E-state index in [1.54, 1.807) is 0 Å². The Hall–Kier alpha value is -0.200. The van der Waals surface area contributed by atoms with Gasteiger partial charge in [0.25, 0.3) is 0 Å². The summed E-state index contributed by atoms with van der Waals surface area (Å²) in [6.07, 6.45) is 0. The summed E-state index contributed by atoms with van der Waals surface area (Å²) in [6, 6.07) is 0. The lowest BCUT2D eigenvalue weighted by Crippen LogP contribution is -2.43. The van der Waals surface area contributed by atoms with Gasteiger partial charge in [-0.05, 0) is 27.7 Å². The van der Waals surface area contributed by atoms with Crippen LogP contribution in [-0.4, -0.2) is 61.1 Å². The van der Waals surface area contributed by atoms with E-state index in [0.29, 0.717) is 26.4 Å². The van der Waals surface area contributed by atoms with E-state index in [1.807, 2.05) is 27.7 Å². The van der Waals surface area contributed by atoms with Crippen molar-refractivity contribution in [3.05, 3.63) is 0 Å². The van der Waals surface area contributed by atoms with Crippen LogP contribution in [0.25, 0.3) is 0 Å². The van der Waals surface area contributed by atoms with E-state index in [9.17, 15) is 0 Å². The third kappa shape index (κ3) is 9.50. The molecule has 0 aromatic heterocycles. The number of aliphatic hydroxyl groups is 2. The van der Waals surface area contributed by atoms with Gasteiger partial charge < -0.3 is 24.4 Å². The molecule has 17 heavy (non-hydrogen) atoms. The normalized spacial score (nSPS) is 13.1. The minimum atomic E-state index is -0.443. The molecule has 0 aliphatic heterocycles. The highest BCUT2D eigenvalue weighted by molar-refractivity contribution is 4.77. The zero-order chi connectivity index (χ0) is 13.4. The van der Waals surface area contributed by atoms with Crippen LogP contribution in [0.3, 0.4) is 0 Å². The van der Waals surface area contributed by atoms with Gasteiger partial charge in [0.15, 0.2) is 0 Å². The minimum Gasteiger partial charge on any atom is -0.394 e. The van der Waals surface area contributed by atoms with E-state index >= 15 is 0 Å². The van der Waals surface area contributed by atoms with Crippen LogP contribution in [0, 0.1) is 0 Å². The monoisotopic (exact) mass is 250 g/mol. The molecule has 0 saturated carbocycles. The fourth-order valence-electron chi connectivity index (χ4n) is 1.57. The Morgan fingerprint density at radius 2 is 1.12 bits per heavy atom. The summed E-state index contributed by atoms with van der Waals surface area (Å²) in [5.41, 5.74) is -0.886. The van der Waals surface area contributed by atoms with Gasteiger partial charge in [-0.1, -0.05) is 0 Å². The third-order valence-electron chi connectivity index (χ3n) is 1.92. The van der Waals surface area contributed by atoms with Crippen molar-refractivity contribution in [3.8, 4) is 0 Å². The fraction of sp³-hybridized carbons (Fsp3) is 1.00. The minimum absolute atomic E-state index is 0.0130. The first-order chi connectivity index (χ1) is 7.83. The molecule has 104 valence electrons. The summed E-state index contributed by atoms with van der Waals surface area (Å²) in [5, 5.41) is 17.3. The van der Waals surface area contributed by atoms with E-state index in [0.717, 1.165) is 0 Å². The summed E-state index contributed by atoms with van der Waals surface area (Å²) >= 11 is 0. The van der Waals surface area contributed by atoms with Crippen molar-refractivity contribution in [2.75, 3.05) is 39.6 Å². The largest absolute Gasteiger partial charge is 0.394 e. The predicted molar refractivity (Wildman–Crippen MR) is 65.1 cm³/mol. The molecule has 2 N–H and O–H groups in total. The molecule has 0 atom stereocenters. The van der Waals surface area contributed by atoms with Gasteiger partial charge in [0.1, 0.15) is 0 Å². The quantitative estimate of drug-likeness (QED) is 0.555. The average Bonchev–Trinajstić information content (AvgIpc) is 2.16. The molecule has 0 saturated heterocycles. The Labute approximate surface area is 104 Å². The highest BCUT2D eigenvalue weighted by atomic mass is 16.6. The number of hydrogen-bond donors (Lipinski definition) is 2. The van der Waals surface area contributed by atoms with E-state index in [2.05, 4.69) is 0 Å². The van der Waals surface area contributed by atoms with Gasteiger partial charge in [-0.25, -0.2) is 0 Å². The molecule has 0 amide bonds. The number of hydrogen-bond acceptors (Lipinski definition) is 5. The molecular weight excluding hydrogens is 224 g/mol. The second-order valence-corrected chi connectivity index (χ2v) is 5.17. The van der Waals surface area contributed by atoms with Gasteiger partial charge in [-0.2, -0.15) is 0 Å². The molecule has 0 heterocycles. The van der Waals surface area contributed by atoms with Crippen molar-refractivity contribution >= 4 is 0 Å². The molecule has 0 aliphatic rings. The highest BCUT2D eigenvalue weighted by Gasteiger charge is 2.29. The molecule has 5 heteroatoms. The van der Waals surface area contributed by atoms with Crippen LogP contribution in [0.5, 0.6) is 0 Å². The van der Waals surface area contributed by atoms with E-state index in [-0.39, 0.29) is 13.2 Å². The molecule has 0 bridgehead atoms. The van der Waals surface area contributed by atoms with Crippen molar-refractivity contribution in [3.63, 3.8) is 0 Å². The van der Waals surface area contributed by atoms with Crippen LogP contribution < -0.4 is 0 Å². The van der Waals surface area contributed by atoms with Gasteiger partial charge in [-0.3, -0.25) is 0 Å². The summed E-state index contributed by atoms with van der Waals surface area (Å²) < 4.78 is 16.4. The maximum absolute atomic E-state index is 8.63. The average molecular weight is 250 g/mol. The number of aliphatic hydroxyl groups excluding tert-OH is 2. The van der Waals surface area contributed by atoms with Gasteiger partial charge in [0, 0.05) is 0 Å². The molecule has 0 radical (unpaired) electrons. The lowest BCUT2D eigenvalue weighted by Gasteiger charge is -2.35. The molecule has 5 nitrogen and oxygen atoms in total. The Morgan fingerprint density at radius 3 is 1.41 bits per heavy atom. The summed E-state index contributed by atoms with van der Waals surface area (Å²) in [7, 11) is 0. The summed E-state index contributed by atoms with van der Waals surface area (Å²) in [6.45, 7) is 9.20. The fourth-order valence-corrected chi connectivity index (χ4v) is 1.57. The van der Waals surface area contributed by atoms with Gasteiger partial charge in [-0.15, -0.1) is 0 Å². The zero-order valence-electron chi connectivity index (χ0n) is 11.4. The first kappa shape index (κ1) is 16.8. The van der Waals surface area contributed by atoms with Crippen molar-refractivity contribution < 1.29 is 24.4 Å². The topological polar surface area (TPSA) is 68.2 Å². The van der Waals surface area contributed by atoms with Crippen LogP contribution in [0.15, 0.2) is 0 Å². The summed E-state index contributed by atoms with van der Waals surface area (Å²) in [4.78, 5) is 0. The molecular formula is C12H26O5. The molecule has 0 aromatic rings. The van der Waals surface area contributed by atoms with E-state index < -0.39 is 11.2 Å². The van der Waals surface area contributed by atoms with Gasteiger partial charge in [0.2, 0.25) is 0 Å². The van der Waals surface area contributed by atoms with E-state index in [4.69, 9.17) is 24.4 Å². The standard InChI is InChI=1S/C12H26O5/c1-11(2,9-15-7-5-13)17-12(3,4)10-16-8-6-14/h13-14H,5-10H2,1-4H3. The summed E-state index contributed by atoms with van der Waals surface area (Å²) in [5.74, 6) is 0. The van der Waals surface area contributed by atoms with E-state index in [1.165, 1.54) is 0 Å². The molecule has 0 spiro atoms. The molecule has 0 unspecified atom stereocenters. The number of ether oxygens (including phenoxy) is 3. The SMILES string of the molecule is CC(C)(COCCO)OC(C)(C)COCCO. The van der Waals surface area contributed by atoms with Crippen molar-refractivity contribution in [2.24, 2.45) is 0 Å². The lowest BCUT2D eigenvalue weighted by molar-refractivity contribution is -0.174. The predicted octanol–water partition coefficient (Wildman–Crippen LogP) is 0.578. The Kier molecular flexibility index (Phi) is 7.91. The van der Waals surface area contributed by atoms with Gasteiger partial charge >= 0.3 is 0 Å². The van der Waals surface area contributed by atoms with Crippen molar-refractivity contribution in [2.45, 2.75) is 38.9 Å².